The molecule has 120 valence electrons. The molecule has 0 amide bonds. The lowest BCUT2D eigenvalue weighted by molar-refractivity contribution is 1.45. The highest BCUT2D eigenvalue weighted by molar-refractivity contribution is 6.26. The molecule has 0 nitrogen and oxygen atoms in total. The van der Waals surface area contributed by atoms with Gasteiger partial charge in [0.25, 0.3) is 0 Å². The van der Waals surface area contributed by atoms with E-state index >= 15 is 0 Å². The number of hydrogen-bond donors (Lipinski definition) is 0. The topological polar surface area (TPSA) is 0 Å². The zero-order valence-electron chi connectivity index (χ0n) is 14.9. The molecular weight excluding hydrogens is 300 g/mol. The maximum absolute atomic E-state index is 2.35. The Bertz CT molecular complexity index is 1260. The SMILES string of the molecule is Cc1cccc(-c2c(C)cc3ccc4ccc(C)c5ccc2c3c45)c1. The lowest BCUT2D eigenvalue weighted by Gasteiger charge is -2.17. The summed E-state index contributed by atoms with van der Waals surface area (Å²) in [6.45, 7) is 6.61. The van der Waals surface area contributed by atoms with E-state index in [1.807, 2.05) is 0 Å². The van der Waals surface area contributed by atoms with E-state index in [1.165, 1.54) is 60.1 Å². The van der Waals surface area contributed by atoms with Crippen LogP contribution in [-0.2, 0) is 0 Å². The molecule has 0 radical (unpaired) electrons. The first-order valence-corrected chi connectivity index (χ1v) is 8.88. The third-order valence-electron chi connectivity index (χ3n) is 5.51. The Morgan fingerprint density at radius 3 is 2.12 bits per heavy atom. The predicted octanol–water partition coefficient (Wildman–Crippen LogP) is 7.18. The van der Waals surface area contributed by atoms with Crippen molar-refractivity contribution in [3.05, 3.63) is 83.4 Å². The molecule has 0 aliphatic heterocycles. The van der Waals surface area contributed by atoms with Crippen LogP contribution in [0.2, 0.25) is 0 Å². The Labute approximate surface area is 148 Å². The van der Waals surface area contributed by atoms with Gasteiger partial charge in [-0.1, -0.05) is 72.3 Å². The van der Waals surface area contributed by atoms with E-state index in [0.29, 0.717) is 0 Å². The van der Waals surface area contributed by atoms with Gasteiger partial charge in [0.2, 0.25) is 0 Å². The quantitative estimate of drug-likeness (QED) is 0.287. The van der Waals surface area contributed by atoms with Crippen LogP contribution < -0.4 is 0 Å². The Hall–Kier alpha value is -2.86. The molecule has 0 heterocycles. The van der Waals surface area contributed by atoms with Crippen molar-refractivity contribution >= 4 is 32.3 Å². The number of rotatable bonds is 1. The molecule has 5 rings (SSSR count). The second-order valence-electron chi connectivity index (χ2n) is 7.24. The highest BCUT2D eigenvalue weighted by Crippen LogP contribution is 2.41. The molecule has 0 N–H and O–H groups in total. The molecule has 0 spiro atoms. The number of benzene rings is 5. The van der Waals surface area contributed by atoms with Gasteiger partial charge < -0.3 is 0 Å². The summed E-state index contributed by atoms with van der Waals surface area (Å²) in [6, 6.07) is 24.8. The van der Waals surface area contributed by atoms with Gasteiger partial charge in [-0.2, -0.15) is 0 Å². The molecule has 0 heteroatoms. The summed E-state index contributed by atoms with van der Waals surface area (Å²) in [4.78, 5) is 0. The van der Waals surface area contributed by atoms with E-state index < -0.39 is 0 Å². The van der Waals surface area contributed by atoms with Crippen molar-refractivity contribution in [3.8, 4) is 11.1 Å². The molecule has 0 atom stereocenters. The van der Waals surface area contributed by atoms with Crippen LogP contribution >= 0.6 is 0 Å². The zero-order valence-corrected chi connectivity index (χ0v) is 14.9. The molecule has 0 aliphatic rings. The highest BCUT2D eigenvalue weighted by Gasteiger charge is 2.15. The van der Waals surface area contributed by atoms with Crippen molar-refractivity contribution in [3.63, 3.8) is 0 Å². The van der Waals surface area contributed by atoms with Crippen molar-refractivity contribution in [2.24, 2.45) is 0 Å². The fraction of sp³-hybridized carbons (Fsp3) is 0.120. The monoisotopic (exact) mass is 320 g/mol. The van der Waals surface area contributed by atoms with E-state index in [1.54, 1.807) is 0 Å². The van der Waals surface area contributed by atoms with E-state index in [-0.39, 0.29) is 0 Å². The maximum atomic E-state index is 2.35. The Morgan fingerprint density at radius 2 is 1.28 bits per heavy atom. The van der Waals surface area contributed by atoms with Gasteiger partial charge in [0.05, 0.1) is 0 Å². The van der Waals surface area contributed by atoms with Crippen LogP contribution in [0.1, 0.15) is 16.7 Å². The summed E-state index contributed by atoms with van der Waals surface area (Å²) < 4.78 is 0. The molecule has 0 aliphatic carbocycles. The van der Waals surface area contributed by atoms with Crippen LogP contribution in [0.4, 0.5) is 0 Å². The van der Waals surface area contributed by atoms with Crippen LogP contribution in [0.25, 0.3) is 43.4 Å². The summed E-state index contributed by atoms with van der Waals surface area (Å²) in [7, 11) is 0. The Kier molecular flexibility index (Phi) is 2.93. The normalized spacial score (nSPS) is 11.8. The molecule has 0 fully saturated rings. The van der Waals surface area contributed by atoms with Crippen LogP contribution in [0.3, 0.4) is 0 Å². The van der Waals surface area contributed by atoms with Gasteiger partial charge in [-0.3, -0.25) is 0 Å². The lowest BCUT2D eigenvalue weighted by Crippen LogP contribution is -1.92. The summed E-state index contributed by atoms with van der Waals surface area (Å²) in [5, 5.41) is 8.22. The van der Waals surface area contributed by atoms with Crippen molar-refractivity contribution in [2.45, 2.75) is 20.8 Å². The molecule has 5 aromatic carbocycles. The first kappa shape index (κ1) is 14.5. The summed E-state index contributed by atoms with van der Waals surface area (Å²) in [5.74, 6) is 0. The summed E-state index contributed by atoms with van der Waals surface area (Å²) in [6.07, 6.45) is 0. The molecular formula is C25H20. The highest BCUT2D eigenvalue weighted by atomic mass is 14.2. The van der Waals surface area contributed by atoms with E-state index in [2.05, 4.69) is 87.5 Å². The van der Waals surface area contributed by atoms with Crippen LogP contribution in [0.5, 0.6) is 0 Å². The lowest BCUT2D eigenvalue weighted by atomic mass is 9.86. The largest absolute Gasteiger partial charge is 0.0614 e. The van der Waals surface area contributed by atoms with Gasteiger partial charge in [-0.15, -0.1) is 0 Å². The number of hydrogen-bond acceptors (Lipinski definition) is 0. The smallest absolute Gasteiger partial charge is 0.00203 e. The van der Waals surface area contributed by atoms with Crippen LogP contribution in [0.15, 0.2) is 66.7 Å². The van der Waals surface area contributed by atoms with E-state index in [0.717, 1.165) is 0 Å². The molecule has 0 aromatic heterocycles. The standard InChI is InChI=1S/C25H20/c1-15-5-4-6-19(13-15)23-17(3)14-20-10-9-18-8-7-16(2)21-11-12-22(23)25(20)24(18)21/h4-14H,1-3H3. The van der Waals surface area contributed by atoms with Crippen LogP contribution in [-0.4, -0.2) is 0 Å². The number of aryl methyl sites for hydroxylation is 3. The first-order chi connectivity index (χ1) is 12.1. The molecule has 0 saturated carbocycles. The minimum absolute atomic E-state index is 1.30. The van der Waals surface area contributed by atoms with E-state index in [9.17, 15) is 0 Å². The Morgan fingerprint density at radius 1 is 0.560 bits per heavy atom. The van der Waals surface area contributed by atoms with Gasteiger partial charge in [-0.05, 0) is 75.3 Å². The average molecular weight is 320 g/mol. The summed E-state index contributed by atoms with van der Waals surface area (Å²) >= 11 is 0. The van der Waals surface area contributed by atoms with Crippen molar-refractivity contribution in [2.75, 3.05) is 0 Å². The molecule has 0 bridgehead atoms. The van der Waals surface area contributed by atoms with E-state index in [4.69, 9.17) is 0 Å². The molecule has 25 heavy (non-hydrogen) atoms. The van der Waals surface area contributed by atoms with Gasteiger partial charge in [0.15, 0.2) is 0 Å². The van der Waals surface area contributed by atoms with Gasteiger partial charge >= 0.3 is 0 Å². The minimum atomic E-state index is 1.30. The fourth-order valence-electron chi connectivity index (χ4n) is 4.35. The second-order valence-corrected chi connectivity index (χ2v) is 7.24. The average Bonchev–Trinajstić information content (AvgIpc) is 2.60. The third kappa shape index (κ3) is 2.01. The molecule has 5 aromatic rings. The fourth-order valence-corrected chi connectivity index (χ4v) is 4.35. The maximum Gasteiger partial charge on any atom is -0.00203 e. The van der Waals surface area contributed by atoms with Crippen molar-refractivity contribution in [1.29, 1.82) is 0 Å². The predicted molar refractivity (Wildman–Crippen MR) is 110 cm³/mol. The Balaban J connectivity index is 2.03. The van der Waals surface area contributed by atoms with Gasteiger partial charge in [0, 0.05) is 0 Å². The minimum Gasteiger partial charge on any atom is -0.0614 e. The summed E-state index contributed by atoms with van der Waals surface area (Å²) in [5.41, 5.74) is 6.67. The van der Waals surface area contributed by atoms with Crippen LogP contribution in [0, 0.1) is 20.8 Å². The third-order valence-corrected chi connectivity index (χ3v) is 5.51. The zero-order chi connectivity index (χ0) is 17.1. The molecule has 0 unspecified atom stereocenters. The second kappa shape index (κ2) is 5.07. The molecule has 0 saturated heterocycles. The van der Waals surface area contributed by atoms with Gasteiger partial charge in [0.1, 0.15) is 0 Å². The van der Waals surface area contributed by atoms with Crippen molar-refractivity contribution in [1.82, 2.24) is 0 Å². The first-order valence-electron chi connectivity index (χ1n) is 8.88. The van der Waals surface area contributed by atoms with Crippen molar-refractivity contribution < 1.29 is 0 Å². The van der Waals surface area contributed by atoms with Gasteiger partial charge in [-0.25, -0.2) is 0 Å².